The molecule has 4 aliphatic rings. The quantitative estimate of drug-likeness (QED) is 0.0324. The maximum Gasteiger partial charge on any atom is 0.410 e. The van der Waals surface area contributed by atoms with Gasteiger partial charge in [0.25, 0.3) is 0 Å². The number of aromatic amines is 3. The van der Waals surface area contributed by atoms with E-state index in [0.29, 0.717) is 101 Å². The van der Waals surface area contributed by atoms with Crippen LogP contribution in [0.15, 0.2) is 158 Å². The van der Waals surface area contributed by atoms with Gasteiger partial charge in [-0.3, -0.25) is 14.7 Å². The monoisotopic (exact) mass is 1520 g/mol. The highest BCUT2D eigenvalue weighted by molar-refractivity contribution is 6.32. The molecule has 23 heteroatoms. The van der Waals surface area contributed by atoms with Gasteiger partial charge in [0.2, 0.25) is 0 Å². The van der Waals surface area contributed by atoms with Crippen molar-refractivity contribution in [2.45, 2.75) is 96.6 Å². The van der Waals surface area contributed by atoms with Crippen molar-refractivity contribution in [3.05, 3.63) is 229 Å². The van der Waals surface area contributed by atoms with Gasteiger partial charge in [0.1, 0.15) is 55.2 Å². The van der Waals surface area contributed by atoms with Crippen LogP contribution >= 0.6 is 34.8 Å². The smallest absolute Gasteiger partial charge is 0.410 e. The van der Waals surface area contributed by atoms with Gasteiger partial charge in [0, 0.05) is 98.7 Å². The number of unbranched alkanes of at least 4 members (excludes halogenated alkanes) is 1. The molecular weight excluding hydrogens is 1420 g/mol. The molecule has 107 heavy (non-hydrogen) atoms. The first-order valence-corrected chi connectivity index (χ1v) is 38.2. The van der Waals surface area contributed by atoms with Crippen LogP contribution in [0, 0.1) is 0 Å². The molecule has 0 saturated carbocycles. The maximum atomic E-state index is 13.4. The number of rotatable bonds is 27. The van der Waals surface area contributed by atoms with Gasteiger partial charge in [-0.2, -0.15) is 0 Å². The Bertz CT molecular complexity index is 4530. The number of aromatic nitrogens is 3. The molecule has 10 aromatic rings. The highest BCUT2D eigenvalue weighted by Gasteiger charge is 2.39. The molecule has 0 radical (unpaired) electrons. The van der Waals surface area contributed by atoms with Gasteiger partial charge in [0.15, 0.2) is 0 Å². The largest absolute Gasteiger partial charge is 0.494 e. The molecule has 20 nitrogen and oxygen atoms in total. The fraction of sp³-hybridized carbons (Fsp3) is 0.393. The van der Waals surface area contributed by atoms with E-state index in [4.69, 9.17) is 82.2 Å². The molecule has 1 fully saturated rings. The molecule has 3 unspecified atom stereocenters. The summed E-state index contributed by atoms with van der Waals surface area (Å²) in [6.07, 6.45) is 5.92. The van der Waals surface area contributed by atoms with Gasteiger partial charge in [-0.15, -0.1) is 0 Å². The normalized spacial score (nSPS) is 16.2. The minimum absolute atomic E-state index is 0.196. The first-order chi connectivity index (χ1) is 52.2. The molecule has 7 aromatic carbocycles. The van der Waals surface area contributed by atoms with Gasteiger partial charge < -0.3 is 67.2 Å². The average molecular weight is 1520 g/mol. The van der Waals surface area contributed by atoms with E-state index < -0.39 is 0 Å². The number of hydrogen-bond donors (Lipinski definition) is 3. The molecule has 14 rings (SSSR count). The molecule has 0 aliphatic carbocycles. The van der Waals surface area contributed by atoms with E-state index in [1.165, 1.54) is 55.6 Å². The lowest BCUT2D eigenvalue weighted by Gasteiger charge is -2.36. The van der Waals surface area contributed by atoms with E-state index in [1.807, 2.05) is 171 Å². The maximum absolute atomic E-state index is 13.4. The van der Waals surface area contributed by atoms with Crippen molar-refractivity contribution in [3.8, 4) is 17.2 Å². The lowest BCUT2D eigenvalue weighted by Crippen LogP contribution is -2.41. The summed E-state index contributed by atoms with van der Waals surface area (Å²) in [5, 5.41) is 5.40. The van der Waals surface area contributed by atoms with Crippen LogP contribution in [0.4, 0.5) is 14.4 Å². The van der Waals surface area contributed by atoms with Gasteiger partial charge in [-0.05, 0) is 215 Å². The predicted octanol–water partition coefficient (Wildman–Crippen LogP) is 17.7. The van der Waals surface area contributed by atoms with Crippen molar-refractivity contribution in [3.63, 3.8) is 0 Å². The number of methoxy groups -OCH3 is 2. The van der Waals surface area contributed by atoms with E-state index in [9.17, 15) is 14.4 Å². The van der Waals surface area contributed by atoms with Crippen molar-refractivity contribution >= 4 is 85.8 Å². The van der Waals surface area contributed by atoms with Crippen molar-refractivity contribution < 1.29 is 61.8 Å². The zero-order valence-corrected chi connectivity index (χ0v) is 63.8. The summed E-state index contributed by atoms with van der Waals surface area (Å²) in [7, 11) is 3.29. The fourth-order valence-corrected chi connectivity index (χ4v) is 15.0. The Morgan fingerprint density at radius 3 is 1.24 bits per heavy atom. The number of fused-ring (bicyclic) bond motifs is 9. The molecule has 3 aromatic heterocycles. The average Bonchev–Trinajstić information content (AvgIpc) is 1.63. The Labute approximate surface area is 640 Å². The molecule has 0 spiro atoms. The second kappa shape index (κ2) is 38.2. The van der Waals surface area contributed by atoms with Crippen LogP contribution in [0.25, 0.3) is 32.7 Å². The fourth-order valence-electron chi connectivity index (χ4n) is 14.5. The number of hydrogen-bond acceptors (Lipinski definition) is 14. The van der Waals surface area contributed by atoms with E-state index in [-0.39, 0.29) is 49.1 Å². The van der Waals surface area contributed by atoms with Gasteiger partial charge >= 0.3 is 18.3 Å². The second-order valence-electron chi connectivity index (χ2n) is 27.0. The Hall–Kier alpha value is -8.96. The molecule has 4 aliphatic heterocycles. The van der Waals surface area contributed by atoms with Crippen LogP contribution in [0.1, 0.15) is 121 Å². The summed E-state index contributed by atoms with van der Waals surface area (Å²) in [6, 6.07) is 50.2. The number of H-pyrrole nitrogens is 3. The third kappa shape index (κ3) is 19.9. The SMILES string of the molecule is CCOC(=O)N1CCc2c([nH]c3ccc(Cl)cc23)C1c1ccc(OCCCCN2CCCC2)cc1.COCCOCCOc1ccc(C2c3[nH]c4ccc(Cl)cc4c3CCN2C(=O)OC(C)C)cc1.COCCOCCOc1ccc(C2c3[nH]c4ccc(Cl)cc4c3CCN2C(=O)OCc2ccccc2)cc1. The first kappa shape index (κ1) is 77.6. The van der Waals surface area contributed by atoms with Crippen molar-refractivity contribution in [2.75, 3.05) is 120 Å². The van der Waals surface area contributed by atoms with Crippen molar-refractivity contribution in [1.29, 1.82) is 0 Å². The molecule has 566 valence electrons. The van der Waals surface area contributed by atoms with Gasteiger partial charge in [-0.1, -0.05) is 102 Å². The van der Waals surface area contributed by atoms with Crippen LogP contribution in [0.5, 0.6) is 17.2 Å². The van der Waals surface area contributed by atoms with Crippen molar-refractivity contribution in [2.24, 2.45) is 0 Å². The zero-order valence-electron chi connectivity index (χ0n) is 61.5. The van der Waals surface area contributed by atoms with E-state index >= 15 is 0 Å². The lowest BCUT2D eigenvalue weighted by molar-refractivity contribution is 0.0544. The summed E-state index contributed by atoms with van der Waals surface area (Å²) >= 11 is 18.9. The highest BCUT2D eigenvalue weighted by Crippen LogP contribution is 2.44. The number of halogens is 3. The summed E-state index contributed by atoms with van der Waals surface area (Å²) in [4.78, 5) is 57.8. The summed E-state index contributed by atoms with van der Waals surface area (Å²) in [6.45, 7) is 16.3. The van der Waals surface area contributed by atoms with Crippen molar-refractivity contribution in [1.82, 2.24) is 34.6 Å². The Balaban J connectivity index is 0.000000150. The second-order valence-corrected chi connectivity index (χ2v) is 28.4. The minimum atomic E-state index is -0.352. The Morgan fingerprint density at radius 2 is 0.841 bits per heavy atom. The molecule has 3 N–H and O–H groups in total. The zero-order chi connectivity index (χ0) is 74.6. The van der Waals surface area contributed by atoms with Crippen LogP contribution in [-0.2, 0) is 59.0 Å². The third-order valence-corrected chi connectivity index (χ3v) is 20.3. The van der Waals surface area contributed by atoms with E-state index in [2.05, 4.69) is 32.0 Å². The first-order valence-electron chi connectivity index (χ1n) is 37.1. The molecule has 1 saturated heterocycles. The molecule has 3 amide bonds. The minimum Gasteiger partial charge on any atom is -0.494 e. The van der Waals surface area contributed by atoms with Gasteiger partial charge in [-0.25, -0.2) is 14.4 Å². The Kier molecular flexibility index (Phi) is 27.7. The van der Waals surface area contributed by atoms with Gasteiger partial charge in [0.05, 0.1) is 59.0 Å². The van der Waals surface area contributed by atoms with Crippen LogP contribution in [0.3, 0.4) is 0 Å². The summed E-state index contributed by atoms with van der Waals surface area (Å²) in [5.41, 5.74) is 13.5. The highest BCUT2D eigenvalue weighted by atomic mass is 35.5. The molecule has 7 heterocycles. The third-order valence-electron chi connectivity index (χ3n) is 19.6. The molecule has 0 bridgehead atoms. The van der Waals surface area contributed by atoms with Crippen LogP contribution < -0.4 is 14.2 Å². The Morgan fingerprint density at radius 1 is 0.449 bits per heavy atom. The predicted molar refractivity (Wildman–Crippen MR) is 418 cm³/mol. The lowest BCUT2D eigenvalue weighted by atomic mass is 9.92. The van der Waals surface area contributed by atoms with E-state index in [0.717, 1.165) is 115 Å². The summed E-state index contributed by atoms with van der Waals surface area (Å²) in [5.74, 6) is 2.34. The number of benzene rings is 7. The number of nitrogens with zero attached hydrogens (tertiary/aromatic N) is 4. The van der Waals surface area contributed by atoms with Crippen LogP contribution in [-0.4, -0.2) is 178 Å². The number of carbonyl (C=O) groups is 3. The number of carbonyl (C=O) groups excluding carboxylic acids is 3. The van der Waals surface area contributed by atoms with E-state index in [1.54, 1.807) is 24.0 Å². The molecule has 3 atom stereocenters. The summed E-state index contributed by atoms with van der Waals surface area (Å²) < 4.78 is 55.2. The van der Waals surface area contributed by atoms with Crippen LogP contribution in [0.2, 0.25) is 15.1 Å². The number of ether oxygens (including phenoxy) is 10. The number of nitrogens with one attached hydrogen (secondary N) is 3. The number of likely N-dealkylation sites (tertiary alicyclic amines) is 1. The standard InChI is InChI=1S/C30H31ClN2O5.C28H34ClN3O3.C26H31ClN2O5/c1-35-15-16-36-17-18-37-24-10-7-22(8-11-24)29-28-25(26-19-23(31)9-12-27(26)32-28)13-14-33(29)30(34)38-20-21-5-3-2-4-6-21;1-2-34-28(33)32-17-13-23-24-19-21(29)9-12-25(24)30-26(23)27(32)20-7-10-22(11-8-20)35-18-6-5-16-31-14-3-4-15-31;1-17(2)34-26(30)29-11-10-21-22-16-19(27)6-9-23(22)28-24(21)25(29)18-4-7-20(8-5-18)33-15-14-32-13-12-31-3/h2-12,19,29,32H,13-18,20H2,1H3;7-12,19,27,30H,2-6,13-18H2,1H3;4-9,16-17,25,28H,10-15H2,1-3H3. The molecular formula is C84H96Cl3N7O13. The number of amides is 3. The topological polar surface area (TPSA) is 204 Å².